The fourth-order valence-electron chi connectivity index (χ4n) is 2.39. The van der Waals surface area contributed by atoms with Crippen molar-refractivity contribution in [1.82, 2.24) is 9.80 Å². The largest absolute Gasteiger partial charge is 0.506 e. The highest BCUT2D eigenvalue weighted by molar-refractivity contribution is 6.07. The van der Waals surface area contributed by atoms with E-state index in [-0.39, 0.29) is 17.0 Å². The van der Waals surface area contributed by atoms with Crippen LogP contribution in [0.3, 0.4) is 0 Å². The van der Waals surface area contributed by atoms with Crippen LogP contribution in [0.4, 0.5) is 5.69 Å². The van der Waals surface area contributed by atoms with E-state index in [0.717, 1.165) is 32.7 Å². The van der Waals surface area contributed by atoms with Gasteiger partial charge in [0.1, 0.15) is 17.4 Å². The van der Waals surface area contributed by atoms with E-state index in [0.29, 0.717) is 6.54 Å². The van der Waals surface area contributed by atoms with E-state index in [1.54, 1.807) is 24.4 Å². The number of hydrogen-bond acceptors (Lipinski definition) is 6. The van der Waals surface area contributed by atoms with Gasteiger partial charge in [0, 0.05) is 45.5 Å². The quantitative estimate of drug-likeness (QED) is 0.410. The molecule has 0 radical (unpaired) electrons. The number of nitrogens with zero attached hydrogens (tertiary/aromatic N) is 3. The van der Waals surface area contributed by atoms with Crippen LogP contribution in [0.5, 0.6) is 5.75 Å². The summed E-state index contributed by atoms with van der Waals surface area (Å²) < 4.78 is 0. The molecule has 0 spiro atoms. The fourth-order valence-corrected chi connectivity index (χ4v) is 2.39. The lowest BCUT2D eigenvalue weighted by Crippen LogP contribution is -2.45. The number of carbonyl (C=O) groups is 1. The lowest BCUT2D eigenvalue weighted by atomic mass is 10.2. The molecule has 122 valence electrons. The van der Waals surface area contributed by atoms with Crippen LogP contribution in [0.15, 0.2) is 36.0 Å². The maximum absolute atomic E-state index is 12.2. The molecule has 1 aliphatic rings. The maximum atomic E-state index is 12.2. The number of benzene rings is 1. The first-order valence-electron chi connectivity index (χ1n) is 7.51. The van der Waals surface area contributed by atoms with Crippen LogP contribution in [-0.4, -0.2) is 60.1 Å². The van der Waals surface area contributed by atoms with E-state index in [1.165, 1.54) is 6.07 Å². The molecular formula is C16H21N5O2. The van der Waals surface area contributed by atoms with E-state index in [4.69, 9.17) is 5.73 Å². The predicted molar refractivity (Wildman–Crippen MR) is 87.5 cm³/mol. The number of phenolic OH excluding ortho intramolecular Hbond substituents is 1. The zero-order valence-electron chi connectivity index (χ0n) is 12.9. The van der Waals surface area contributed by atoms with Crippen LogP contribution >= 0.6 is 0 Å². The summed E-state index contributed by atoms with van der Waals surface area (Å²) in [6.45, 7) is 4.68. The van der Waals surface area contributed by atoms with Gasteiger partial charge in [-0.1, -0.05) is 12.1 Å². The van der Waals surface area contributed by atoms with Crippen LogP contribution in [-0.2, 0) is 4.79 Å². The molecule has 1 amide bonds. The number of hydrogen-bond donors (Lipinski definition) is 3. The van der Waals surface area contributed by atoms with Gasteiger partial charge >= 0.3 is 0 Å². The summed E-state index contributed by atoms with van der Waals surface area (Å²) in [5, 5.41) is 21.4. The lowest BCUT2D eigenvalue weighted by Gasteiger charge is -2.33. The molecule has 2 rings (SSSR count). The minimum absolute atomic E-state index is 0.0144. The van der Waals surface area contributed by atoms with Gasteiger partial charge in [0.2, 0.25) is 0 Å². The number of anilines is 1. The van der Waals surface area contributed by atoms with Gasteiger partial charge < -0.3 is 21.1 Å². The fraction of sp³-hybridized carbons (Fsp3) is 0.375. The second-order valence-corrected chi connectivity index (χ2v) is 5.29. The summed E-state index contributed by atoms with van der Waals surface area (Å²) >= 11 is 0. The molecule has 23 heavy (non-hydrogen) atoms. The highest BCUT2D eigenvalue weighted by atomic mass is 16.3. The van der Waals surface area contributed by atoms with Gasteiger partial charge in [0.25, 0.3) is 5.91 Å². The van der Waals surface area contributed by atoms with Crippen molar-refractivity contribution in [2.45, 2.75) is 0 Å². The Morgan fingerprint density at radius 1 is 1.35 bits per heavy atom. The van der Waals surface area contributed by atoms with Gasteiger partial charge in [-0.25, -0.2) is 0 Å². The van der Waals surface area contributed by atoms with Crippen molar-refractivity contribution in [2.24, 2.45) is 5.73 Å². The molecule has 0 atom stereocenters. The second-order valence-electron chi connectivity index (χ2n) is 5.29. The molecule has 0 aliphatic carbocycles. The third kappa shape index (κ3) is 4.71. The maximum Gasteiger partial charge on any atom is 0.267 e. The Morgan fingerprint density at radius 2 is 2.04 bits per heavy atom. The molecule has 0 bridgehead atoms. The molecule has 1 aromatic carbocycles. The summed E-state index contributed by atoms with van der Waals surface area (Å²) in [6.07, 6.45) is 1.58. The molecule has 0 unspecified atom stereocenters. The van der Waals surface area contributed by atoms with Gasteiger partial charge in [-0.05, 0) is 12.1 Å². The van der Waals surface area contributed by atoms with Crippen LogP contribution in [0.1, 0.15) is 0 Å². The van der Waals surface area contributed by atoms with Crippen molar-refractivity contribution < 1.29 is 9.90 Å². The third-order valence-corrected chi connectivity index (χ3v) is 3.68. The standard InChI is InChI=1S/C16H21N5O2/c17-5-6-20-7-9-21(10-8-20)12-13(11-18)16(23)19-14-3-1-2-4-15(14)22/h1-4,12,22H,5-10,17H2,(H,19,23)/b13-12-. The summed E-state index contributed by atoms with van der Waals surface area (Å²) in [7, 11) is 0. The summed E-state index contributed by atoms with van der Waals surface area (Å²) in [5.41, 5.74) is 5.84. The first-order valence-corrected chi connectivity index (χ1v) is 7.51. The molecule has 4 N–H and O–H groups in total. The highest BCUT2D eigenvalue weighted by Crippen LogP contribution is 2.22. The molecule has 7 heteroatoms. The highest BCUT2D eigenvalue weighted by Gasteiger charge is 2.17. The average molecular weight is 315 g/mol. The molecule has 1 fully saturated rings. The number of nitrogens with one attached hydrogen (secondary N) is 1. The minimum Gasteiger partial charge on any atom is -0.506 e. The van der Waals surface area contributed by atoms with Gasteiger partial charge in [-0.15, -0.1) is 0 Å². The zero-order chi connectivity index (χ0) is 16.7. The number of amides is 1. The molecule has 1 aromatic rings. The van der Waals surface area contributed by atoms with E-state index in [2.05, 4.69) is 10.2 Å². The summed E-state index contributed by atoms with van der Waals surface area (Å²) in [5.74, 6) is -0.563. The number of carbonyl (C=O) groups excluding carboxylic acids is 1. The Balaban J connectivity index is 1.98. The Morgan fingerprint density at radius 3 is 2.65 bits per heavy atom. The van der Waals surface area contributed by atoms with Crippen molar-refractivity contribution >= 4 is 11.6 Å². The van der Waals surface area contributed by atoms with Crippen LogP contribution in [0, 0.1) is 11.3 Å². The van der Waals surface area contributed by atoms with E-state index < -0.39 is 5.91 Å². The first-order chi connectivity index (χ1) is 11.1. The Kier molecular flexibility index (Phi) is 5.97. The lowest BCUT2D eigenvalue weighted by molar-refractivity contribution is -0.112. The van der Waals surface area contributed by atoms with E-state index in [9.17, 15) is 15.2 Å². The number of nitriles is 1. The smallest absolute Gasteiger partial charge is 0.267 e. The SMILES string of the molecule is N#C/C(=C/N1CCN(CCN)CC1)C(=O)Nc1ccccc1O. The summed E-state index contributed by atoms with van der Waals surface area (Å²) in [6, 6.07) is 8.32. The van der Waals surface area contributed by atoms with Gasteiger partial charge in [-0.2, -0.15) is 5.26 Å². The monoisotopic (exact) mass is 315 g/mol. The van der Waals surface area contributed by atoms with Crippen molar-refractivity contribution in [3.05, 3.63) is 36.0 Å². The average Bonchev–Trinajstić information content (AvgIpc) is 2.56. The number of nitrogens with two attached hydrogens (primary N) is 1. The van der Waals surface area contributed by atoms with Crippen LogP contribution in [0.2, 0.25) is 0 Å². The van der Waals surface area contributed by atoms with E-state index >= 15 is 0 Å². The molecule has 1 aliphatic heterocycles. The third-order valence-electron chi connectivity index (χ3n) is 3.68. The Labute approximate surface area is 135 Å². The van der Waals surface area contributed by atoms with Crippen LogP contribution < -0.4 is 11.1 Å². The Hall–Kier alpha value is -2.56. The predicted octanol–water partition coefficient (Wildman–Crippen LogP) is 0.314. The molecule has 1 saturated heterocycles. The normalized spacial score (nSPS) is 16.0. The second kappa shape index (κ2) is 8.17. The van der Waals surface area contributed by atoms with Crippen molar-refractivity contribution in [2.75, 3.05) is 44.6 Å². The number of rotatable bonds is 5. The molecular weight excluding hydrogens is 294 g/mol. The topological polar surface area (TPSA) is 106 Å². The Bertz CT molecular complexity index is 615. The van der Waals surface area contributed by atoms with Crippen LogP contribution in [0.25, 0.3) is 0 Å². The van der Waals surface area contributed by atoms with Crippen molar-refractivity contribution in [3.63, 3.8) is 0 Å². The molecule has 0 aromatic heterocycles. The number of para-hydroxylation sites is 2. The molecule has 0 saturated carbocycles. The van der Waals surface area contributed by atoms with Crippen molar-refractivity contribution in [1.29, 1.82) is 5.26 Å². The van der Waals surface area contributed by atoms with E-state index in [1.807, 2.05) is 11.0 Å². The first kappa shape index (κ1) is 16.8. The number of phenols is 1. The zero-order valence-corrected chi connectivity index (χ0v) is 12.9. The molecule has 7 nitrogen and oxygen atoms in total. The van der Waals surface area contributed by atoms with Gasteiger partial charge in [0.15, 0.2) is 0 Å². The molecule has 1 heterocycles. The van der Waals surface area contributed by atoms with Gasteiger partial charge in [-0.3, -0.25) is 9.69 Å². The minimum atomic E-state index is -0.529. The summed E-state index contributed by atoms with van der Waals surface area (Å²) in [4.78, 5) is 16.4. The van der Waals surface area contributed by atoms with Crippen molar-refractivity contribution in [3.8, 4) is 11.8 Å². The van der Waals surface area contributed by atoms with Gasteiger partial charge in [0.05, 0.1) is 5.69 Å². The number of piperazine rings is 1. The number of aromatic hydroxyl groups is 1.